The average Bonchev–Trinajstić information content (AvgIpc) is 4.45. The van der Waals surface area contributed by atoms with Crippen molar-refractivity contribution in [3.05, 3.63) is 151 Å². The predicted octanol–water partition coefficient (Wildman–Crippen LogP) is 13.1. The fraction of sp³-hybridized carbons (Fsp3) is 0.279. The molecule has 404 valence electrons. The molecular formula is C61H58BBr3N12O3. The van der Waals surface area contributed by atoms with Crippen molar-refractivity contribution >= 4 is 118 Å². The van der Waals surface area contributed by atoms with Gasteiger partial charge in [-0.1, -0.05) is 78.9 Å². The highest BCUT2D eigenvalue weighted by molar-refractivity contribution is 9.69. The number of carbonyl (C=O) groups is 2. The Balaban J connectivity index is 0.000000149. The van der Waals surface area contributed by atoms with Gasteiger partial charge in [0.1, 0.15) is 29.0 Å². The number of aromatic nitrogens is 8. The van der Waals surface area contributed by atoms with Crippen LogP contribution >= 0.6 is 47.3 Å². The van der Waals surface area contributed by atoms with E-state index in [2.05, 4.69) is 170 Å². The number of likely N-dealkylation sites (tertiary alicyclic amines) is 2. The molecule has 4 aliphatic rings. The van der Waals surface area contributed by atoms with E-state index < -0.39 is 0 Å². The van der Waals surface area contributed by atoms with E-state index in [1.165, 1.54) is 16.3 Å². The maximum atomic E-state index is 12.6. The lowest BCUT2D eigenvalue weighted by atomic mass is 10.1. The van der Waals surface area contributed by atoms with Gasteiger partial charge in [0.05, 0.1) is 22.1 Å². The Bertz CT molecular complexity index is 3670. The zero-order valence-electron chi connectivity index (χ0n) is 44.1. The molecule has 80 heavy (non-hydrogen) atoms. The van der Waals surface area contributed by atoms with Gasteiger partial charge in [-0.15, -0.1) is 47.3 Å². The molecule has 0 radical (unpaired) electrons. The Morgan fingerprint density at radius 1 is 0.537 bits per heavy atom. The molecule has 2 amide bonds. The molecule has 4 aromatic heterocycles. The molecule has 2 atom stereocenters. The van der Waals surface area contributed by atoms with Gasteiger partial charge >= 0.3 is 3.18 Å². The number of carbonyl (C=O) groups excluding carboxylic acids is 2. The van der Waals surface area contributed by atoms with Gasteiger partial charge in [0.15, 0.2) is 0 Å². The molecule has 4 fully saturated rings. The van der Waals surface area contributed by atoms with E-state index in [4.69, 9.17) is 19.9 Å². The number of fused-ring (bicyclic) bond motifs is 4. The summed E-state index contributed by atoms with van der Waals surface area (Å²) in [6.07, 6.45) is 11.6. The molecule has 15 nitrogen and oxygen atoms in total. The third-order valence-corrected chi connectivity index (χ3v) is 15.2. The van der Waals surface area contributed by atoms with Crippen LogP contribution in [0.25, 0.3) is 78.0 Å². The van der Waals surface area contributed by atoms with E-state index in [-0.39, 0.29) is 38.8 Å². The largest absolute Gasteiger partial charge is 0.508 e. The van der Waals surface area contributed by atoms with Crippen LogP contribution in [0.1, 0.15) is 56.9 Å². The van der Waals surface area contributed by atoms with Crippen molar-refractivity contribution in [3.8, 4) is 40.2 Å². The number of nitrogens with zero attached hydrogens (tertiary/aromatic N) is 10. The van der Waals surface area contributed by atoms with Crippen LogP contribution in [0.3, 0.4) is 0 Å². The smallest absolute Gasteiger partial charge is 0.369 e. The first kappa shape index (κ1) is 53.4. The standard InChI is InChI=1S/C31H30N6O.C30H28N6O2.BBr3/c1-20-8-13-26-27(17-20)37(29(34-26)24-12-9-21-5-2-3-6-23(21)18-24)28-14-15-32-31(35-28)33-25-7-4-16-36(19-25)30(38)22-10-11-22;37-24-11-12-25-26(17-24)36(28(33-25)22-10-7-19-4-1-2-5-21(19)16-22)27-13-14-31-30(34-27)32-23-6-3-15-35(18-23)29(38)20-8-9-20;2-1(3)4/h2-3,5-6,8-9,12-15,17-18,22,25H,4,7,10-11,16,19H2,1H3,(H,32,33,35);1-2,4-5,7,10-14,16-17,20,23,37H,3,6,8-9,15,18H2,(H,31,32,34);/t25-;23-;/m00./s1. The number of halogens is 3. The van der Waals surface area contributed by atoms with Crippen LogP contribution in [0.4, 0.5) is 11.9 Å². The van der Waals surface area contributed by atoms with Gasteiger partial charge in [-0.2, -0.15) is 9.97 Å². The Hall–Kier alpha value is -7.22. The Kier molecular flexibility index (Phi) is 15.7. The summed E-state index contributed by atoms with van der Waals surface area (Å²) in [6, 6.07) is 44.9. The molecule has 10 aromatic rings. The van der Waals surface area contributed by atoms with Crippen molar-refractivity contribution in [2.75, 3.05) is 36.8 Å². The van der Waals surface area contributed by atoms with Crippen LogP contribution in [0.15, 0.2) is 146 Å². The van der Waals surface area contributed by atoms with Gasteiger partial charge in [0.2, 0.25) is 23.7 Å². The minimum absolute atomic E-state index is 0.102. The quantitative estimate of drug-likeness (QED) is 0.111. The van der Waals surface area contributed by atoms with Crippen molar-refractivity contribution in [2.45, 2.75) is 70.4 Å². The number of aromatic hydroxyl groups is 1. The number of rotatable bonds is 10. The van der Waals surface area contributed by atoms with E-state index in [1.807, 2.05) is 44.7 Å². The van der Waals surface area contributed by atoms with Gasteiger partial charge < -0.3 is 25.5 Å². The summed E-state index contributed by atoms with van der Waals surface area (Å²) in [5.41, 5.74) is 6.61. The number of amides is 2. The molecule has 0 unspecified atom stereocenters. The zero-order valence-corrected chi connectivity index (χ0v) is 48.9. The van der Waals surface area contributed by atoms with Crippen LogP contribution in [-0.2, 0) is 9.59 Å². The number of aryl methyl sites for hydroxylation is 1. The number of benzene rings is 6. The molecule has 19 heteroatoms. The van der Waals surface area contributed by atoms with Crippen molar-refractivity contribution in [1.82, 2.24) is 48.8 Å². The number of phenols is 1. The lowest BCUT2D eigenvalue weighted by Crippen LogP contribution is -2.45. The minimum Gasteiger partial charge on any atom is -0.508 e. The van der Waals surface area contributed by atoms with Gasteiger partial charge in [0.25, 0.3) is 0 Å². The number of anilines is 2. The summed E-state index contributed by atoms with van der Waals surface area (Å²) in [5, 5.41) is 21.9. The molecule has 2 aliphatic heterocycles. The predicted molar refractivity (Wildman–Crippen MR) is 330 cm³/mol. The second-order valence-electron chi connectivity index (χ2n) is 21.1. The van der Waals surface area contributed by atoms with Crippen molar-refractivity contribution in [2.24, 2.45) is 11.8 Å². The summed E-state index contributed by atoms with van der Waals surface area (Å²) >= 11 is 9.31. The maximum Gasteiger partial charge on any atom is 0.369 e. The SMILES string of the molecule is BrB(Br)Br.Cc1ccc2nc(-c3ccc4ccccc4c3)n(-c3ccnc(N[C@H]4CCCN(C(=O)C5CC5)C4)n3)c2c1.O=C(C1CC1)N1CCC[C@H](Nc2nccc(-n3c(-c4ccc5ccccc5c4)nc4ccc(O)cc43)n2)C1. The molecular weight excluding hydrogens is 1200 g/mol. The normalized spacial score (nSPS) is 17.1. The second-order valence-corrected chi connectivity index (χ2v) is 27.6. The summed E-state index contributed by atoms with van der Waals surface area (Å²) in [6.45, 7) is 5.15. The van der Waals surface area contributed by atoms with Crippen LogP contribution in [0.5, 0.6) is 5.75 Å². The van der Waals surface area contributed by atoms with Gasteiger partial charge in [-0.05, 0) is 134 Å². The molecule has 3 N–H and O–H groups in total. The third kappa shape index (κ3) is 12.1. The number of hydrogen-bond donors (Lipinski definition) is 3. The van der Waals surface area contributed by atoms with Gasteiger partial charge in [0, 0.05) is 79.7 Å². The molecule has 0 bridgehead atoms. The zero-order chi connectivity index (χ0) is 54.9. The number of phenolic OH excluding ortho intramolecular Hbond substituents is 1. The van der Waals surface area contributed by atoms with E-state index in [1.54, 1.807) is 24.5 Å². The van der Waals surface area contributed by atoms with Crippen LogP contribution < -0.4 is 10.6 Å². The van der Waals surface area contributed by atoms with Crippen LogP contribution in [-0.4, -0.2) is 107 Å². The third-order valence-electron chi connectivity index (χ3n) is 15.2. The number of hydrogen-bond acceptors (Lipinski definition) is 11. The number of piperidine rings is 2. The number of nitrogens with one attached hydrogen (secondary N) is 2. The maximum absolute atomic E-state index is 12.6. The van der Waals surface area contributed by atoms with E-state index in [0.717, 1.165) is 126 Å². The topological polar surface area (TPSA) is 172 Å². The first-order valence-electron chi connectivity index (χ1n) is 27.4. The first-order valence-corrected chi connectivity index (χ1v) is 30.1. The lowest BCUT2D eigenvalue weighted by molar-refractivity contribution is -0.134. The summed E-state index contributed by atoms with van der Waals surface area (Å²) in [4.78, 5) is 58.1. The molecule has 2 aliphatic carbocycles. The van der Waals surface area contributed by atoms with E-state index >= 15 is 0 Å². The first-order chi connectivity index (χ1) is 39.0. The molecule has 6 aromatic carbocycles. The molecule has 2 saturated heterocycles. The molecule has 6 heterocycles. The van der Waals surface area contributed by atoms with Gasteiger partial charge in [-0.25, -0.2) is 19.9 Å². The highest BCUT2D eigenvalue weighted by atomic mass is 79.9. The van der Waals surface area contributed by atoms with Crippen molar-refractivity contribution in [3.63, 3.8) is 0 Å². The van der Waals surface area contributed by atoms with E-state index in [9.17, 15) is 14.7 Å². The monoisotopic (exact) mass is 1250 g/mol. The molecule has 14 rings (SSSR count). The van der Waals surface area contributed by atoms with Crippen LogP contribution in [0.2, 0.25) is 0 Å². The Labute approximate surface area is 488 Å². The highest BCUT2D eigenvalue weighted by Gasteiger charge is 2.37. The Morgan fingerprint density at radius 2 is 0.988 bits per heavy atom. The highest BCUT2D eigenvalue weighted by Crippen LogP contribution is 2.36. The fourth-order valence-electron chi connectivity index (χ4n) is 11.0. The summed E-state index contributed by atoms with van der Waals surface area (Å²) in [5.74, 6) is 5.33. The lowest BCUT2D eigenvalue weighted by Gasteiger charge is -2.33. The minimum atomic E-state index is 0.102. The summed E-state index contributed by atoms with van der Waals surface area (Å²) in [7, 11) is 0. The summed E-state index contributed by atoms with van der Waals surface area (Å²) < 4.78 is 4.37. The fourth-order valence-corrected chi connectivity index (χ4v) is 11.0. The van der Waals surface area contributed by atoms with Crippen molar-refractivity contribution < 1.29 is 14.7 Å². The van der Waals surface area contributed by atoms with E-state index in [0.29, 0.717) is 36.7 Å². The Morgan fingerprint density at radius 3 is 1.46 bits per heavy atom. The van der Waals surface area contributed by atoms with Crippen molar-refractivity contribution in [1.29, 1.82) is 0 Å². The van der Waals surface area contributed by atoms with Gasteiger partial charge in [-0.3, -0.25) is 18.7 Å². The van der Waals surface area contributed by atoms with Crippen LogP contribution in [0, 0.1) is 18.8 Å². The molecule has 0 spiro atoms. The number of imidazole rings is 2. The molecule has 2 saturated carbocycles. The average molecular weight is 1260 g/mol. The second kappa shape index (κ2) is 23.5.